The molecule has 0 aliphatic heterocycles. The van der Waals surface area contributed by atoms with Crippen LogP contribution in [0.3, 0.4) is 0 Å². The molecule has 0 heterocycles. The van der Waals surface area contributed by atoms with Gasteiger partial charge in [0, 0.05) is 4.90 Å². The van der Waals surface area contributed by atoms with Crippen molar-refractivity contribution in [1.82, 2.24) is 0 Å². The monoisotopic (exact) mass is 300 g/mol. The zero-order chi connectivity index (χ0) is 13.8. The lowest BCUT2D eigenvalue weighted by Crippen LogP contribution is -1.98. The fourth-order valence-electron chi connectivity index (χ4n) is 1.58. The number of nitrogens with one attached hydrogen (secondary N) is 1. The molecule has 2 nitrogen and oxygen atoms in total. The highest BCUT2D eigenvalue weighted by atomic mass is 35.5. The maximum absolute atomic E-state index is 12.5. The van der Waals surface area contributed by atoms with Crippen LogP contribution in [0.5, 0.6) is 0 Å². The summed E-state index contributed by atoms with van der Waals surface area (Å²) >= 11 is 6.52. The first-order chi connectivity index (χ1) is 9.08. The molecule has 0 aliphatic rings. The molecule has 0 saturated heterocycles. The molecule has 0 fully saturated rings. The van der Waals surface area contributed by atoms with E-state index in [0.29, 0.717) is 38.7 Å². The van der Waals surface area contributed by atoms with Gasteiger partial charge >= 0.3 is 0 Å². The van der Waals surface area contributed by atoms with Crippen molar-refractivity contribution >= 4 is 40.4 Å². The van der Waals surface area contributed by atoms with Crippen LogP contribution in [0.15, 0.2) is 47.4 Å². The van der Waals surface area contributed by atoms with E-state index in [0.717, 1.165) is 0 Å². The van der Waals surface area contributed by atoms with Gasteiger partial charge in [0.2, 0.25) is 0 Å². The molecule has 0 amide bonds. The van der Waals surface area contributed by atoms with Crippen LogP contribution < -0.4 is 11.1 Å². The number of para-hydroxylation sites is 2. The van der Waals surface area contributed by atoms with Gasteiger partial charge in [0.25, 0.3) is 5.76 Å². The standard InChI is InChI=1S/C13H11ClF2N2S/c14-8-4-3-5-9(17)12(8)18-10-6-1-2-7-11(10)19-13(15)16/h1-7,13,18H,17H2. The van der Waals surface area contributed by atoms with Crippen LogP contribution in [-0.2, 0) is 0 Å². The molecule has 0 aromatic heterocycles. The number of anilines is 3. The molecule has 0 unspecified atom stereocenters. The summed E-state index contributed by atoms with van der Waals surface area (Å²) in [5, 5.41) is 3.44. The molecule has 2 rings (SSSR count). The first-order valence-electron chi connectivity index (χ1n) is 5.43. The van der Waals surface area contributed by atoms with Gasteiger partial charge in [-0.25, -0.2) is 0 Å². The molecule has 0 atom stereocenters. The number of hydrogen-bond donors (Lipinski definition) is 2. The number of hydrogen-bond acceptors (Lipinski definition) is 3. The summed E-state index contributed by atoms with van der Waals surface area (Å²) in [6, 6.07) is 11.9. The van der Waals surface area contributed by atoms with Crippen molar-refractivity contribution < 1.29 is 8.78 Å². The lowest BCUT2D eigenvalue weighted by Gasteiger charge is -2.14. The van der Waals surface area contributed by atoms with Gasteiger partial charge in [-0.15, -0.1) is 0 Å². The number of nitrogen functional groups attached to an aromatic ring is 1. The van der Waals surface area contributed by atoms with Gasteiger partial charge in [0.1, 0.15) is 0 Å². The fourth-order valence-corrected chi connectivity index (χ4v) is 2.40. The fraction of sp³-hybridized carbons (Fsp3) is 0.0769. The maximum Gasteiger partial charge on any atom is 0.288 e. The van der Waals surface area contributed by atoms with Gasteiger partial charge < -0.3 is 11.1 Å². The first kappa shape index (κ1) is 14.0. The van der Waals surface area contributed by atoms with Crippen molar-refractivity contribution in [2.75, 3.05) is 11.1 Å². The molecule has 6 heteroatoms. The minimum Gasteiger partial charge on any atom is -0.397 e. The number of alkyl halides is 2. The van der Waals surface area contributed by atoms with Gasteiger partial charge in [-0.1, -0.05) is 41.6 Å². The van der Waals surface area contributed by atoms with Crippen LogP contribution in [0.4, 0.5) is 25.8 Å². The molecule has 0 bridgehead atoms. The first-order valence-corrected chi connectivity index (χ1v) is 6.68. The van der Waals surface area contributed by atoms with Crippen molar-refractivity contribution in [3.05, 3.63) is 47.5 Å². The third-order valence-corrected chi connectivity index (χ3v) is 3.51. The van der Waals surface area contributed by atoms with Crippen LogP contribution in [0.1, 0.15) is 0 Å². The minimum absolute atomic E-state index is 0.441. The highest BCUT2D eigenvalue weighted by molar-refractivity contribution is 7.99. The average molecular weight is 301 g/mol. The highest BCUT2D eigenvalue weighted by Gasteiger charge is 2.11. The van der Waals surface area contributed by atoms with Crippen molar-refractivity contribution in [3.8, 4) is 0 Å². The smallest absolute Gasteiger partial charge is 0.288 e. The number of benzene rings is 2. The van der Waals surface area contributed by atoms with Crippen LogP contribution in [0.2, 0.25) is 5.02 Å². The van der Waals surface area contributed by atoms with Gasteiger partial charge in [-0.2, -0.15) is 8.78 Å². The molecule has 2 aromatic rings. The van der Waals surface area contributed by atoms with E-state index in [-0.39, 0.29) is 0 Å². The van der Waals surface area contributed by atoms with Crippen molar-refractivity contribution in [1.29, 1.82) is 0 Å². The number of thioether (sulfide) groups is 1. The summed E-state index contributed by atoms with van der Waals surface area (Å²) in [6.07, 6.45) is 0. The van der Waals surface area contributed by atoms with Crippen molar-refractivity contribution in [2.45, 2.75) is 10.7 Å². The lowest BCUT2D eigenvalue weighted by molar-refractivity contribution is 0.252. The highest BCUT2D eigenvalue weighted by Crippen LogP contribution is 2.36. The van der Waals surface area contributed by atoms with Gasteiger partial charge in [-0.05, 0) is 24.3 Å². The third-order valence-electron chi connectivity index (χ3n) is 2.41. The van der Waals surface area contributed by atoms with Crippen molar-refractivity contribution in [3.63, 3.8) is 0 Å². The predicted octanol–water partition coefficient (Wildman–Crippen LogP) is 4.98. The molecule has 19 heavy (non-hydrogen) atoms. The summed E-state index contributed by atoms with van der Waals surface area (Å²) in [4.78, 5) is 0.441. The number of nitrogens with two attached hydrogens (primary N) is 1. The Bertz CT molecular complexity index is 558. The number of halogens is 3. The topological polar surface area (TPSA) is 38.0 Å². The minimum atomic E-state index is -2.48. The molecule has 100 valence electrons. The average Bonchev–Trinajstić information content (AvgIpc) is 2.35. The van der Waals surface area contributed by atoms with Crippen LogP contribution in [0, 0.1) is 0 Å². The predicted molar refractivity (Wildman–Crippen MR) is 77.5 cm³/mol. The Kier molecular flexibility index (Phi) is 4.50. The van der Waals surface area contributed by atoms with Gasteiger partial charge in [0.05, 0.1) is 22.1 Å². The Balaban J connectivity index is 2.33. The molecule has 0 aliphatic carbocycles. The summed E-state index contributed by atoms with van der Waals surface area (Å²) in [6.45, 7) is 0. The van der Waals surface area contributed by atoms with E-state index >= 15 is 0 Å². The van der Waals surface area contributed by atoms with E-state index in [4.69, 9.17) is 17.3 Å². The lowest BCUT2D eigenvalue weighted by atomic mass is 10.2. The molecule has 2 aromatic carbocycles. The number of rotatable bonds is 4. The van der Waals surface area contributed by atoms with Gasteiger partial charge in [-0.3, -0.25) is 0 Å². The summed E-state index contributed by atoms with van der Waals surface area (Å²) in [5.41, 5.74) is 7.35. The second-order valence-electron chi connectivity index (χ2n) is 3.70. The molecule has 0 radical (unpaired) electrons. The van der Waals surface area contributed by atoms with E-state index in [1.165, 1.54) is 0 Å². The maximum atomic E-state index is 12.5. The van der Waals surface area contributed by atoms with E-state index < -0.39 is 5.76 Å². The largest absolute Gasteiger partial charge is 0.397 e. The second-order valence-corrected chi connectivity index (χ2v) is 5.14. The third kappa shape index (κ3) is 3.52. The Morgan fingerprint density at radius 3 is 2.53 bits per heavy atom. The van der Waals surface area contributed by atoms with Crippen LogP contribution in [-0.4, -0.2) is 5.76 Å². The SMILES string of the molecule is Nc1cccc(Cl)c1Nc1ccccc1SC(F)F. The van der Waals surface area contributed by atoms with E-state index in [2.05, 4.69) is 5.32 Å². The molecular weight excluding hydrogens is 290 g/mol. The molecule has 0 saturated carbocycles. The Labute approximate surface area is 119 Å². The second kappa shape index (κ2) is 6.12. The molecule has 3 N–H and O–H groups in total. The van der Waals surface area contributed by atoms with E-state index in [9.17, 15) is 8.78 Å². The summed E-state index contributed by atoms with van der Waals surface area (Å²) in [7, 11) is 0. The molecular formula is C13H11ClF2N2S. The zero-order valence-electron chi connectivity index (χ0n) is 9.74. The zero-order valence-corrected chi connectivity index (χ0v) is 11.3. The Hall–Kier alpha value is -1.46. The Morgan fingerprint density at radius 1 is 1.11 bits per heavy atom. The van der Waals surface area contributed by atoms with Crippen LogP contribution >= 0.6 is 23.4 Å². The van der Waals surface area contributed by atoms with Crippen molar-refractivity contribution in [2.24, 2.45) is 0 Å². The molecule has 0 spiro atoms. The summed E-state index contributed by atoms with van der Waals surface area (Å²) in [5.74, 6) is -2.48. The Morgan fingerprint density at radius 2 is 1.84 bits per heavy atom. The summed E-state index contributed by atoms with van der Waals surface area (Å²) < 4.78 is 25.0. The quantitative estimate of drug-likeness (QED) is 0.618. The van der Waals surface area contributed by atoms with Gasteiger partial charge in [0.15, 0.2) is 0 Å². The normalized spacial score (nSPS) is 10.7. The van der Waals surface area contributed by atoms with E-state index in [1.807, 2.05) is 0 Å². The van der Waals surface area contributed by atoms with Crippen LogP contribution in [0.25, 0.3) is 0 Å². The van der Waals surface area contributed by atoms with E-state index in [1.54, 1.807) is 42.5 Å².